The number of imide groups is 1. The van der Waals surface area contributed by atoms with Gasteiger partial charge in [0.15, 0.2) is 11.6 Å². The van der Waals surface area contributed by atoms with Crippen LogP contribution in [-0.2, 0) is 0 Å². The van der Waals surface area contributed by atoms with Crippen molar-refractivity contribution in [2.45, 2.75) is 32.6 Å². The van der Waals surface area contributed by atoms with Crippen molar-refractivity contribution in [2.75, 3.05) is 7.05 Å². The first kappa shape index (κ1) is 14.6. The van der Waals surface area contributed by atoms with E-state index in [9.17, 15) is 19.2 Å². The maximum atomic E-state index is 12.6. The van der Waals surface area contributed by atoms with Crippen molar-refractivity contribution in [1.82, 2.24) is 4.90 Å². The minimum atomic E-state index is -0.420. The summed E-state index contributed by atoms with van der Waals surface area (Å²) >= 11 is 0. The molecule has 1 aromatic rings. The Kier molecular flexibility index (Phi) is 3.43. The number of unbranched alkanes of at least 4 members (excludes halogenated alkanes) is 1. The first-order valence-electron chi connectivity index (χ1n) is 7.53. The average Bonchev–Trinajstić information content (AvgIpc) is 2.73. The van der Waals surface area contributed by atoms with E-state index >= 15 is 0 Å². The standard InChI is InChI=1S/C17H17NO4/c1-3-4-5-9-6-14(19)10-7-12-13(8-11(10)15(9)20)17(22)18(2)16(12)21/h7-9H,3-6H2,1-2H3. The van der Waals surface area contributed by atoms with Gasteiger partial charge in [0.1, 0.15) is 0 Å². The van der Waals surface area contributed by atoms with Gasteiger partial charge in [-0.2, -0.15) is 0 Å². The fourth-order valence-corrected chi connectivity index (χ4v) is 3.17. The number of amides is 2. The Morgan fingerprint density at radius 3 is 2.18 bits per heavy atom. The Morgan fingerprint density at radius 2 is 1.59 bits per heavy atom. The Bertz CT molecular complexity index is 720. The SMILES string of the molecule is CCCCC1CC(=O)c2cc3c(cc2C1=O)C(=O)N(C)C3=O. The molecule has 5 heteroatoms. The van der Waals surface area contributed by atoms with Gasteiger partial charge in [-0.25, -0.2) is 0 Å². The summed E-state index contributed by atoms with van der Waals surface area (Å²) in [6.45, 7) is 2.04. The van der Waals surface area contributed by atoms with Gasteiger partial charge in [-0.1, -0.05) is 19.8 Å². The van der Waals surface area contributed by atoms with Gasteiger partial charge < -0.3 is 0 Å². The molecule has 1 heterocycles. The summed E-state index contributed by atoms with van der Waals surface area (Å²) in [6, 6.07) is 2.86. The van der Waals surface area contributed by atoms with Crippen LogP contribution in [-0.4, -0.2) is 35.3 Å². The van der Waals surface area contributed by atoms with Crippen LogP contribution >= 0.6 is 0 Å². The molecule has 3 rings (SSSR count). The lowest BCUT2D eigenvalue weighted by Gasteiger charge is -2.22. The summed E-state index contributed by atoms with van der Waals surface area (Å²) in [5.74, 6) is -1.34. The summed E-state index contributed by atoms with van der Waals surface area (Å²) in [7, 11) is 1.40. The first-order chi connectivity index (χ1) is 10.5. The van der Waals surface area contributed by atoms with E-state index in [4.69, 9.17) is 0 Å². The van der Waals surface area contributed by atoms with Crippen LogP contribution < -0.4 is 0 Å². The van der Waals surface area contributed by atoms with Crippen LogP contribution in [0.4, 0.5) is 0 Å². The van der Waals surface area contributed by atoms with Gasteiger partial charge in [-0.3, -0.25) is 24.1 Å². The van der Waals surface area contributed by atoms with E-state index in [0.29, 0.717) is 12.0 Å². The predicted molar refractivity (Wildman–Crippen MR) is 79.2 cm³/mol. The van der Waals surface area contributed by atoms with Crippen LogP contribution in [0.2, 0.25) is 0 Å². The van der Waals surface area contributed by atoms with E-state index < -0.39 is 11.8 Å². The Labute approximate surface area is 128 Å². The molecule has 0 saturated carbocycles. The van der Waals surface area contributed by atoms with Crippen LogP contribution in [0.5, 0.6) is 0 Å². The molecule has 114 valence electrons. The molecule has 0 N–H and O–H groups in total. The summed E-state index contributed by atoms with van der Waals surface area (Å²) in [4.78, 5) is 49.9. The van der Waals surface area contributed by atoms with Crippen molar-refractivity contribution in [3.8, 4) is 0 Å². The van der Waals surface area contributed by atoms with Gasteiger partial charge in [0.25, 0.3) is 11.8 Å². The Morgan fingerprint density at radius 1 is 1.00 bits per heavy atom. The summed E-state index contributed by atoms with van der Waals surface area (Å²) < 4.78 is 0. The molecule has 0 bridgehead atoms. The number of fused-ring (bicyclic) bond motifs is 2. The lowest BCUT2D eigenvalue weighted by atomic mass is 9.78. The second kappa shape index (κ2) is 5.16. The molecule has 0 radical (unpaired) electrons. The molecule has 1 aliphatic heterocycles. The zero-order chi connectivity index (χ0) is 16.0. The van der Waals surface area contributed by atoms with Crippen molar-refractivity contribution in [1.29, 1.82) is 0 Å². The maximum Gasteiger partial charge on any atom is 0.261 e. The predicted octanol–water partition coefficient (Wildman–Crippen LogP) is 2.49. The number of benzene rings is 1. The van der Waals surface area contributed by atoms with E-state index in [0.717, 1.165) is 17.7 Å². The van der Waals surface area contributed by atoms with Crippen molar-refractivity contribution in [2.24, 2.45) is 5.92 Å². The summed E-state index contributed by atoms with van der Waals surface area (Å²) in [6.07, 6.45) is 2.74. The minimum Gasteiger partial charge on any atom is -0.294 e. The number of Topliss-reactive ketones (excluding diaryl/α,β-unsaturated/α-hetero) is 2. The van der Waals surface area contributed by atoms with Gasteiger partial charge in [0.2, 0.25) is 0 Å². The third-order valence-corrected chi connectivity index (χ3v) is 4.50. The third kappa shape index (κ3) is 2.00. The third-order valence-electron chi connectivity index (χ3n) is 4.50. The smallest absolute Gasteiger partial charge is 0.261 e. The quantitative estimate of drug-likeness (QED) is 0.804. The monoisotopic (exact) mass is 299 g/mol. The Hall–Kier alpha value is -2.30. The van der Waals surface area contributed by atoms with E-state index in [-0.39, 0.29) is 40.6 Å². The second-order valence-electron chi connectivity index (χ2n) is 5.94. The molecule has 2 aliphatic rings. The minimum absolute atomic E-state index is 0.0827. The fraction of sp³-hybridized carbons (Fsp3) is 0.412. The van der Waals surface area contributed by atoms with Gasteiger partial charge in [-0.15, -0.1) is 0 Å². The molecule has 1 aromatic carbocycles. The number of nitrogens with zero attached hydrogens (tertiary/aromatic N) is 1. The van der Waals surface area contributed by atoms with Crippen LogP contribution in [0.15, 0.2) is 12.1 Å². The molecule has 0 aromatic heterocycles. The van der Waals surface area contributed by atoms with Gasteiger partial charge >= 0.3 is 0 Å². The molecule has 0 spiro atoms. The van der Waals surface area contributed by atoms with Crippen molar-refractivity contribution >= 4 is 23.4 Å². The zero-order valence-electron chi connectivity index (χ0n) is 12.6. The van der Waals surface area contributed by atoms with E-state index in [1.54, 1.807) is 0 Å². The van der Waals surface area contributed by atoms with Crippen LogP contribution in [0.1, 0.15) is 74.0 Å². The van der Waals surface area contributed by atoms with Crippen molar-refractivity contribution in [3.63, 3.8) is 0 Å². The maximum absolute atomic E-state index is 12.6. The molecule has 0 saturated heterocycles. The number of rotatable bonds is 3. The lowest BCUT2D eigenvalue weighted by Crippen LogP contribution is -2.27. The van der Waals surface area contributed by atoms with Crippen LogP contribution in [0.25, 0.3) is 0 Å². The van der Waals surface area contributed by atoms with E-state index in [1.807, 2.05) is 6.92 Å². The number of hydrogen-bond donors (Lipinski definition) is 0. The molecule has 0 fully saturated rings. The second-order valence-corrected chi connectivity index (χ2v) is 5.94. The number of carbonyl (C=O) groups is 4. The van der Waals surface area contributed by atoms with E-state index in [2.05, 4.69) is 0 Å². The van der Waals surface area contributed by atoms with E-state index in [1.165, 1.54) is 19.2 Å². The Balaban J connectivity index is 2.07. The largest absolute Gasteiger partial charge is 0.294 e. The topological polar surface area (TPSA) is 71.5 Å². The molecule has 1 aliphatic carbocycles. The van der Waals surface area contributed by atoms with Crippen molar-refractivity contribution in [3.05, 3.63) is 34.4 Å². The van der Waals surface area contributed by atoms with Gasteiger partial charge in [0, 0.05) is 30.5 Å². The molecule has 1 atom stereocenters. The number of carbonyl (C=O) groups excluding carboxylic acids is 4. The lowest BCUT2D eigenvalue weighted by molar-refractivity contribution is 0.0692. The molecular formula is C17H17NO4. The van der Waals surface area contributed by atoms with Gasteiger partial charge in [0.05, 0.1) is 11.1 Å². The van der Waals surface area contributed by atoms with Crippen molar-refractivity contribution < 1.29 is 19.2 Å². The summed E-state index contributed by atoms with van der Waals surface area (Å²) in [5.41, 5.74) is 1.03. The zero-order valence-corrected chi connectivity index (χ0v) is 12.6. The van der Waals surface area contributed by atoms with Crippen LogP contribution in [0.3, 0.4) is 0 Å². The highest BCUT2D eigenvalue weighted by atomic mass is 16.2. The first-order valence-corrected chi connectivity index (χ1v) is 7.53. The molecular weight excluding hydrogens is 282 g/mol. The number of ketones is 2. The number of hydrogen-bond acceptors (Lipinski definition) is 4. The normalized spacial score (nSPS) is 20.5. The van der Waals surface area contributed by atoms with Crippen LogP contribution in [0, 0.1) is 5.92 Å². The molecule has 2 amide bonds. The fourth-order valence-electron chi connectivity index (χ4n) is 3.17. The molecule has 22 heavy (non-hydrogen) atoms. The average molecular weight is 299 g/mol. The highest BCUT2D eigenvalue weighted by Gasteiger charge is 2.38. The molecule has 5 nitrogen and oxygen atoms in total. The van der Waals surface area contributed by atoms with Gasteiger partial charge in [-0.05, 0) is 18.6 Å². The highest BCUT2D eigenvalue weighted by Crippen LogP contribution is 2.33. The molecule has 1 unspecified atom stereocenters. The highest BCUT2D eigenvalue weighted by molar-refractivity contribution is 6.24. The summed E-state index contributed by atoms with van der Waals surface area (Å²) in [5, 5.41) is 0.